The van der Waals surface area contributed by atoms with Gasteiger partial charge in [0, 0.05) is 0 Å². The lowest BCUT2D eigenvalue weighted by Crippen LogP contribution is -2.30. The number of hydrogen-bond donors (Lipinski definition) is 0. The molecule has 0 bridgehead atoms. The third-order valence-corrected chi connectivity index (χ3v) is 8.41. The molecule has 1 unspecified atom stereocenters. The number of benzene rings is 2. The smallest absolute Gasteiger partial charge is 0.343 e. The van der Waals surface area contributed by atoms with E-state index in [1.165, 1.54) is 69.4 Å². The summed E-state index contributed by atoms with van der Waals surface area (Å²) in [6.45, 7) is 4.36. The van der Waals surface area contributed by atoms with Crippen LogP contribution in [-0.2, 0) is 6.42 Å². The van der Waals surface area contributed by atoms with Crippen molar-refractivity contribution in [2.24, 2.45) is 17.8 Å². The van der Waals surface area contributed by atoms with E-state index >= 15 is 4.39 Å². The van der Waals surface area contributed by atoms with Crippen LogP contribution >= 0.6 is 0 Å². The zero-order chi connectivity index (χ0) is 23.9. The van der Waals surface area contributed by atoms with Gasteiger partial charge in [-0.3, -0.25) is 0 Å². The Balaban J connectivity index is 1.31. The fraction of sp³-hybridized carbons (Fsp3) is 0.581. The maximum atomic E-state index is 15.1. The van der Waals surface area contributed by atoms with Crippen LogP contribution in [0.15, 0.2) is 42.5 Å². The quantitative estimate of drug-likeness (QED) is 0.210. The lowest BCUT2D eigenvalue weighted by molar-refractivity contribution is 0.0734. The van der Waals surface area contributed by atoms with Gasteiger partial charge in [0.1, 0.15) is 11.6 Å². The van der Waals surface area contributed by atoms with Crippen LogP contribution in [0.4, 0.5) is 4.39 Å². The van der Waals surface area contributed by atoms with Crippen LogP contribution in [-0.4, -0.2) is 5.97 Å². The van der Waals surface area contributed by atoms with Crippen LogP contribution in [0.2, 0.25) is 0 Å². The molecule has 4 atom stereocenters. The molecule has 0 heterocycles. The summed E-state index contributed by atoms with van der Waals surface area (Å²) in [6, 6.07) is 12.4. The molecule has 0 spiro atoms. The molecule has 2 aromatic rings. The predicted octanol–water partition coefficient (Wildman–Crippen LogP) is 8.88. The van der Waals surface area contributed by atoms with Gasteiger partial charge in [-0.2, -0.15) is 0 Å². The highest BCUT2D eigenvalue weighted by molar-refractivity contribution is 5.91. The van der Waals surface area contributed by atoms with Gasteiger partial charge in [0.15, 0.2) is 0 Å². The van der Waals surface area contributed by atoms with Crippen molar-refractivity contribution < 1.29 is 13.9 Å². The van der Waals surface area contributed by atoms with Crippen molar-refractivity contribution in [2.45, 2.75) is 96.8 Å². The minimum atomic E-state index is -0.504. The molecule has 34 heavy (non-hydrogen) atoms. The van der Waals surface area contributed by atoms with Crippen molar-refractivity contribution in [3.05, 3.63) is 65.0 Å². The Hall–Kier alpha value is -2.16. The van der Waals surface area contributed by atoms with Crippen molar-refractivity contribution in [1.29, 1.82) is 0 Å². The second-order valence-electron chi connectivity index (χ2n) is 10.7. The molecule has 0 saturated heterocycles. The van der Waals surface area contributed by atoms with Gasteiger partial charge in [-0.1, -0.05) is 70.6 Å². The molecule has 2 fully saturated rings. The maximum absolute atomic E-state index is 15.1. The molecule has 2 aliphatic rings. The van der Waals surface area contributed by atoms with E-state index in [0.717, 1.165) is 42.6 Å². The summed E-state index contributed by atoms with van der Waals surface area (Å²) in [4.78, 5) is 12.5. The lowest BCUT2D eigenvalue weighted by atomic mass is 9.63. The molecular formula is C31H41FO2. The standard InChI is InChI=1S/C31H41FO2/c1-3-5-6-7-8-23-9-12-25-20-26(14-13-24(25)19-23)29-18-15-27(21-30(29)32)31(33)34-28-16-10-22(4-2)11-17-28/h10-11,15-18,21,23-26H,3-9,12-14,19-20H2,1-2H3/t23-,24-,25+,26?/m0/s1. The molecule has 0 N–H and O–H groups in total. The molecular weight excluding hydrogens is 423 g/mol. The number of esters is 1. The topological polar surface area (TPSA) is 26.3 Å². The van der Waals surface area contributed by atoms with E-state index in [-0.39, 0.29) is 17.3 Å². The molecule has 2 aliphatic carbocycles. The summed E-state index contributed by atoms with van der Waals surface area (Å²) in [5.74, 6) is 2.48. The van der Waals surface area contributed by atoms with Crippen molar-refractivity contribution >= 4 is 5.97 Å². The third kappa shape index (κ3) is 6.29. The predicted molar refractivity (Wildman–Crippen MR) is 137 cm³/mol. The first kappa shape index (κ1) is 24.9. The van der Waals surface area contributed by atoms with E-state index in [1.807, 2.05) is 18.2 Å². The molecule has 0 aromatic heterocycles. The Morgan fingerprint density at radius 2 is 1.68 bits per heavy atom. The molecule has 0 radical (unpaired) electrons. The van der Waals surface area contributed by atoms with Gasteiger partial charge in [-0.25, -0.2) is 9.18 Å². The summed E-state index contributed by atoms with van der Waals surface area (Å²) in [5.41, 5.74) is 2.24. The molecule has 3 heteroatoms. The molecule has 0 aliphatic heterocycles. The minimum Gasteiger partial charge on any atom is -0.423 e. The maximum Gasteiger partial charge on any atom is 0.343 e. The van der Waals surface area contributed by atoms with E-state index in [0.29, 0.717) is 5.75 Å². The zero-order valence-electron chi connectivity index (χ0n) is 21.0. The van der Waals surface area contributed by atoms with Gasteiger partial charge in [0.25, 0.3) is 0 Å². The molecule has 4 rings (SSSR count). The first-order valence-electron chi connectivity index (χ1n) is 13.7. The van der Waals surface area contributed by atoms with E-state index in [9.17, 15) is 4.79 Å². The largest absolute Gasteiger partial charge is 0.423 e. The van der Waals surface area contributed by atoms with Gasteiger partial charge in [-0.05, 0) is 97.6 Å². The Labute approximate surface area is 205 Å². The summed E-state index contributed by atoms with van der Waals surface area (Å²) in [7, 11) is 0. The van der Waals surface area contributed by atoms with Crippen LogP contribution in [0, 0.1) is 23.6 Å². The van der Waals surface area contributed by atoms with Gasteiger partial charge < -0.3 is 4.74 Å². The normalized spacial score (nSPS) is 24.4. The highest BCUT2D eigenvalue weighted by Gasteiger charge is 2.36. The number of unbranched alkanes of at least 4 members (excludes halogenated alkanes) is 3. The van der Waals surface area contributed by atoms with Crippen molar-refractivity contribution in [3.8, 4) is 5.75 Å². The first-order chi connectivity index (χ1) is 16.6. The first-order valence-corrected chi connectivity index (χ1v) is 13.7. The van der Waals surface area contributed by atoms with Crippen LogP contribution in [0.3, 0.4) is 0 Å². The van der Waals surface area contributed by atoms with Crippen LogP contribution in [0.5, 0.6) is 5.75 Å². The Kier molecular flexibility index (Phi) is 8.80. The van der Waals surface area contributed by atoms with Crippen molar-refractivity contribution in [1.82, 2.24) is 0 Å². The minimum absolute atomic E-state index is 0.260. The summed E-state index contributed by atoms with van der Waals surface area (Å²) < 4.78 is 20.6. The number of carbonyl (C=O) groups excluding carboxylic acids is 1. The molecule has 2 nitrogen and oxygen atoms in total. The van der Waals surface area contributed by atoms with Gasteiger partial charge in [-0.15, -0.1) is 0 Å². The van der Waals surface area contributed by atoms with E-state index in [4.69, 9.17) is 4.74 Å². The Morgan fingerprint density at radius 1 is 0.912 bits per heavy atom. The number of carbonyl (C=O) groups is 1. The number of fused-ring (bicyclic) bond motifs is 1. The summed E-state index contributed by atoms with van der Waals surface area (Å²) in [5, 5.41) is 0. The van der Waals surface area contributed by atoms with Gasteiger partial charge in [0.05, 0.1) is 5.56 Å². The number of hydrogen-bond acceptors (Lipinski definition) is 2. The van der Waals surface area contributed by atoms with Gasteiger partial charge in [0.2, 0.25) is 0 Å². The average molecular weight is 465 g/mol. The zero-order valence-corrected chi connectivity index (χ0v) is 21.0. The van der Waals surface area contributed by atoms with E-state index in [2.05, 4.69) is 13.8 Å². The second kappa shape index (κ2) is 12.0. The number of ether oxygens (including phenoxy) is 1. The molecule has 0 amide bonds. The van der Waals surface area contributed by atoms with Gasteiger partial charge >= 0.3 is 5.97 Å². The van der Waals surface area contributed by atoms with Crippen LogP contribution in [0.25, 0.3) is 0 Å². The highest BCUT2D eigenvalue weighted by atomic mass is 19.1. The Morgan fingerprint density at radius 3 is 2.41 bits per heavy atom. The summed E-state index contributed by atoms with van der Waals surface area (Å²) in [6.07, 6.45) is 15.2. The average Bonchev–Trinajstić information content (AvgIpc) is 2.86. The Bertz CT molecular complexity index is 935. The number of rotatable bonds is 9. The van der Waals surface area contributed by atoms with E-state index in [1.54, 1.807) is 18.2 Å². The van der Waals surface area contributed by atoms with Crippen molar-refractivity contribution in [3.63, 3.8) is 0 Å². The molecule has 2 saturated carbocycles. The van der Waals surface area contributed by atoms with Crippen LogP contribution < -0.4 is 4.74 Å². The third-order valence-electron chi connectivity index (χ3n) is 8.41. The van der Waals surface area contributed by atoms with E-state index < -0.39 is 5.97 Å². The highest BCUT2D eigenvalue weighted by Crippen LogP contribution is 2.48. The fourth-order valence-electron chi connectivity index (χ4n) is 6.34. The fourth-order valence-corrected chi connectivity index (χ4v) is 6.34. The number of aryl methyl sites for hydroxylation is 1. The SMILES string of the molecule is CCCCCC[C@H]1CC[C@@H]2CC(c3ccc(C(=O)Oc4ccc(CC)cc4)cc3F)CC[C@H]2C1. The monoisotopic (exact) mass is 464 g/mol. The molecule has 184 valence electrons. The van der Waals surface area contributed by atoms with Crippen molar-refractivity contribution in [2.75, 3.05) is 0 Å². The second-order valence-corrected chi connectivity index (χ2v) is 10.7. The lowest BCUT2D eigenvalue weighted by Gasteiger charge is -2.42. The molecule has 2 aromatic carbocycles. The number of halogens is 1. The summed E-state index contributed by atoms with van der Waals surface area (Å²) >= 11 is 0. The van der Waals surface area contributed by atoms with Crippen LogP contribution in [0.1, 0.15) is 112 Å².